The van der Waals surface area contributed by atoms with Crippen LogP contribution in [0, 0.1) is 11.6 Å². The second kappa shape index (κ2) is 11.0. The van der Waals surface area contributed by atoms with Crippen LogP contribution in [-0.2, 0) is 19.4 Å². The van der Waals surface area contributed by atoms with Crippen molar-refractivity contribution in [3.63, 3.8) is 0 Å². The van der Waals surface area contributed by atoms with E-state index in [0.717, 1.165) is 35.7 Å². The van der Waals surface area contributed by atoms with Crippen molar-refractivity contribution >= 4 is 5.91 Å². The number of hydrogen-bond acceptors (Lipinski definition) is 6. The molecule has 0 aliphatic rings. The summed E-state index contributed by atoms with van der Waals surface area (Å²) in [4.78, 5) is 14.5. The third-order valence-electron chi connectivity index (χ3n) is 5.26. The molecule has 2 aromatic carbocycles. The van der Waals surface area contributed by atoms with E-state index in [4.69, 9.17) is 15.0 Å². The number of hydrogen-bond donors (Lipinski definition) is 2. The Labute approximate surface area is 190 Å². The molecule has 0 radical (unpaired) electrons. The molecule has 0 fully saturated rings. The van der Waals surface area contributed by atoms with Crippen LogP contribution in [0.5, 0.6) is 5.88 Å². The van der Waals surface area contributed by atoms with Crippen molar-refractivity contribution in [1.82, 2.24) is 10.1 Å². The molecule has 2 atom stereocenters. The van der Waals surface area contributed by atoms with Crippen LogP contribution in [-0.4, -0.2) is 46.9 Å². The number of methoxy groups -OCH3 is 1. The number of carbonyl (C=O) groups is 1. The average molecular weight is 459 g/mol. The smallest absolute Gasteiger partial charge is 0.293 e. The van der Waals surface area contributed by atoms with E-state index >= 15 is 0 Å². The monoisotopic (exact) mass is 459 g/mol. The Bertz CT molecular complexity index is 1070. The van der Waals surface area contributed by atoms with Crippen molar-refractivity contribution < 1.29 is 27.9 Å². The molecule has 0 unspecified atom stereocenters. The van der Waals surface area contributed by atoms with Gasteiger partial charge in [0.25, 0.3) is 11.8 Å². The molecule has 33 heavy (non-hydrogen) atoms. The third-order valence-corrected chi connectivity index (χ3v) is 5.26. The second-order valence-corrected chi connectivity index (χ2v) is 7.81. The fourth-order valence-electron chi connectivity index (χ4n) is 3.50. The fraction of sp³-hybridized carbons (Fsp3) is 0.333. The first-order valence-corrected chi connectivity index (χ1v) is 10.6. The molecule has 1 aromatic heterocycles. The van der Waals surface area contributed by atoms with Crippen LogP contribution in [0.3, 0.4) is 0 Å². The first kappa shape index (κ1) is 24.3. The number of nitrogens with two attached hydrogens (primary N) is 1. The highest BCUT2D eigenvalue weighted by Gasteiger charge is 2.26. The maximum absolute atomic E-state index is 13.5. The molecule has 7 nitrogen and oxygen atoms in total. The van der Waals surface area contributed by atoms with Gasteiger partial charge in [-0.1, -0.05) is 31.2 Å². The van der Waals surface area contributed by atoms with Gasteiger partial charge in [-0.2, -0.15) is 0 Å². The molecule has 0 aliphatic carbocycles. The third kappa shape index (κ3) is 6.59. The van der Waals surface area contributed by atoms with Crippen LogP contribution in [0.2, 0.25) is 0 Å². The normalized spacial score (nSPS) is 12.9. The molecule has 1 amide bonds. The van der Waals surface area contributed by atoms with Gasteiger partial charge >= 0.3 is 0 Å². The minimum atomic E-state index is -1.17. The predicted octanol–water partition coefficient (Wildman–Crippen LogP) is 3.10. The van der Waals surface area contributed by atoms with Crippen molar-refractivity contribution in [2.75, 3.05) is 13.7 Å². The summed E-state index contributed by atoms with van der Waals surface area (Å²) in [5.74, 6) is -1.85. The van der Waals surface area contributed by atoms with E-state index in [9.17, 15) is 18.7 Å². The largest absolute Gasteiger partial charge is 0.479 e. The van der Waals surface area contributed by atoms with Gasteiger partial charge in [-0.3, -0.25) is 4.79 Å². The predicted molar refractivity (Wildman–Crippen MR) is 118 cm³/mol. The van der Waals surface area contributed by atoms with E-state index in [0.29, 0.717) is 5.56 Å². The van der Waals surface area contributed by atoms with E-state index in [2.05, 4.69) is 5.16 Å². The Morgan fingerprint density at radius 3 is 2.48 bits per heavy atom. The number of ether oxygens (including phenoxy) is 1. The van der Waals surface area contributed by atoms with Crippen molar-refractivity contribution in [3.8, 4) is 5.88 Å². The number of nitrogens with zero attached hydrogens (tertiary/aromatic N) is 2. The summed E-state index contributed by atoms with van der Waals surface area (Å²) in [6.45, 7) is 2.09. The molecule has 0 saturated carbocycles. The SMILES string of the molecule is CCc1cccc(CN(C[C@@H](O)[C@@H](N)Cc2cc(F)cc(F)c2)C(=O)c2cc(OC)no2)c1. The molecule has 0 spiro atoms. The number of amides is 1. The van der Waals surface area contributed by atoms with Gasteiger partial charge in [0, 0.05) is 25.2 Å². The van der Waals surface area contributed by atoms with Crippen molar-refractivity contribution in [1.29, 1.82) is 0 Å². The van der Waals surface area contributed by atoms with Gasteiger partial charge in [0.05, 0.1) is 19.3 Å². The molecule has 0 aliphatic heterocycles. The highest BCUT2D eigenvalue weighted by Crippen LogP contribution is 2.18. The Hall–Kier alpha value is -3.30. The molecule has 176 valence electrons. The van der Waals surface area contributed by atoms with Gasteiger partial charge in [0.1, 0.15) is 11.6 Å². The molecule has 9 heteroatoms. The summed E-state index contributed by atoms with van der Waals surface area (Å²) < 4.78 is 37.0. The quantitative estimate of drug-likeness (QED) is 0.483. The number of aliphatic hydroxyl groups is 1. The van der Waals surface area contributed by atoms with Gasteiger partial charge in [-0.15, -0.1) is 0 Å². The van der Waals surface area contributed by atoms with Gasteiger partial charge < -0.3 is 25.0 Å². The number of aromatic nitrogens is 1. The Morgan fingerprint density at radius 1 is 1.15 bits per heavy atom. The van der Waals surface area contributed by atoms with Crippen LogP contribution >= 0.6 is 0 Å². The van der Waals surface area contributed by atoms with Crippen molar-refractivity contribution in [2.45, 2.75) is 38.5 Å². The highest BCUT2D eigenvalue weighted by atomic mass is 19.1. The number of aliphatic hydroxyl groups excluding tert-OH is 1. The van der Waals surface area contributed by atoms with Crippen molar-refractivity contribution in [2.24, 2.45) is 5.73 Å². The number of carbonyl (C=O) groups excluding carboxylic acids is 1. The number of halogens is 2. The van der Waals surface area contributed by atoms with Crippen LogP contribution in [0.4, 0.5) is 8.78 Å². The number of rotatable bonds is 10. The van der Waals surface area contributed by atoms with E-state index in [1.807, 2.05) is 31.2 Å². The minimum absolute atomic E-state index is 0.0271. The zero-order valence-electron chi connectivity index (χ0n) is 18.5. The van der Waals surface area contributed by atoms with E-state index in [1.54, 1.807) is 0 Å². The molecule has 3 rings (SSSR count). The molecule has 1 heterocycles. The maximum atomic E-state index is 13.5. The highest BCUT2D eigenvalue weighted by molar-refractivity contribution is 5.91. The number of benzene rings is 2. The fourth-order valence-corrected chi connectivity index (χ4v) is 3.50. The van der Waals surface area contributed by atoms with E-state index < -0.39 is 29.7 Å². The Morgan fingerprint density at radius 2 is 1.85 bits per heavy atom. The zero-order valence-corrected chi connectivity index (χ0v) is 18.5. The van der Waals surface area contributed by atoms with Crippen molar-refractivity contribution in [3.05, 3.63) is 82.6 Å². The molecule has 3 aromatic rings. The minimum Gasteiger partial charge on any atom is -0.479 e. The molecular formula is C24H27F2N3O4. The maximum Gasteiger partial charge on any atom is 0.293 e. The molecule has 0 bridgehead atoms. The lowest BCUT2D eigenvalue weighted by molar-refractivity contribution is 0.0519. The van der Waals surface area contributed by atoms with Gasteiger partial charge in [-0.25, -0.2) is 8.78 Å². The zero-order chi connectivity index (χ0) is 24.0. The summed E-state index contributed by atoms with van der Waals surface area (Å²) in [5.41, 5.74) is 8.39. The van der Waals surface area contributed by atoms with E-state index in [-0.39, 0.29) is 31.2 Å². The topological polar surface area (TPSA) is 102 Å². The molecule has 0 saturated heterocycles. The van der Waals surface area contributed by atoms with E-state index in [1.165, 1.54) is 18.1 Å². The molecular weight excluding hydrogens is 432 g/mol. The first-order valence-electron chi connectivity index (χ1n) is 10.6. The Balaban J connectivity index is 1.78. The van der Waals surface area contributed by atoms with Crippen LogP contribution in [0.15, 0.2) is 53.1 Å². The van der Waals surface area contributed by atoms with Gasteiger partial charge in [-0.05, 0) is 46.8 Å². The lowest BCUT2D eigenvalue weighted by atomic mass is 10.0. The van der Waals surface area contributed by atoms with Gasteiger partial charge in [0.15, 0.2) is 0 Å². The summed E-state index contributed by atoms with van der Waals surface area (Å²) >= 11 is 0. The second-order valence-electron chi connectivity index (χ2n) is 7.81. The summed E-state index contributed by atoms with van der Waals surface area (Å²) in [6.07, 6.45) is -0.308. The lowest BCUT2D eigenvalue weighted by Crippen LogP contribution is -2.46. The van der Waals surface area contributed by atoms with Crippen LogP contribution in [0.25, 0.3) is 0 Å². The van der Waals surface area contributed by atoms with Gasteiger partial charge in [0.2, 0.25) is 5.76 Å². The summed E-state index contributed by atoms with van der Waals surface area (Å²) in [6, 6.07) is 11.3. The van der Waals surface area contributed by atoms with Crippen LogP contribution < -0.4 is 10.5 Å². The lowest BCUT2D eigenvalue weighted by Gasteiger charge is -2.27. The Kier molecular flexibility index (Phi) is 8.13. The summed E-state index contributed by atoms with van der Waals surface area (Å²) in [7, 11) is 1.40. The standard InChI is InChI=1S/C24H27F2N3O4/c1-3-15-5-4-6-16(7-15)13-29(24(31)22-12-23(32-2)28-33-22)14-21(30)20(27)10-17-8-18(25)11-19(26)9-17/h4-9,11-12,20-21,30H,3,10,13-14,27H2,1-2H3/t20-,21+/m0/s1. The van der Waals surface area contributed by atoms with Crippen LogP contribution in [0.1, 0.15) is 34.2 Å². The first-order chi connectivity index (χ1) is 15.8. The average Bonchev–Trinajstić information content (AvgIpc) is 3.27. The summed E-state index contributed by atoms with van der Waals surface area (Å²) in [5, 5.41) is 14.4. The number of aryl methyl sites for hydroxylation is 1. The molecule has 3 N–H and O–H groups in total.